The van der Waals surface area contributed by atoms with Crippen LogP contribution in [-0.2, 0) is 0 Å². The largest absolute Gasteiger partial charge is 0.388 e. The maximum absolute atomic E-state index is 11.9. The molecule has 1 aliphatic rings. The van der Waals surface area contributed by atoms with E-state index in [1.807, 2.05) is 0 Å². The molecule has 0 heterocycles. The van der Waals surface area contributed by atoms with Crippen molar-refractivity contribution in [2.75, 3.05) is 6.54 Å². The van der Waals surface area contributed by atoms with Crippen LogP contribution in [0.25, 0.3) is 0 Å². The summed E-state index contributed by atoms with van der Waals surface area (Å²) < 4.78 is 0. The molecule has 1 saturated carbocycles. The van der Waals surface area contributed by atoms with Gasteiger partial charge in [-0.2, -0.15) is 0 Å². The molecule has 23 heavy (non-hydrogen) atoms. The van der Waals surface area contributed by atoms with Gasteiger partial charge in [0.2, 0.25) is 0 Å². The average Bonchev–Trinajstić information content (AvgIpc) is 2.92. The second kappa shape index (κ2) is 6.95. The third-order valence-corrected chi connectivity index (χ3v) is 4.39. The highest BCUT2D eigenvalue weighted by Crippen LogP contribution is 2.28. The molecule has 2 rings (SSSR count). The Balaban J connectivity index is 1.93. The summed E-state index contributed by atoms with van der Waals surface area (Å²) in [5, 5.41) is 26.6. The van der Waals surface area contributed by atoms with Crippen LogP contribution in [0, 0.1) is 17.0 Å². The van der Waals surface area contributed by atoms with E-state index in [1.165, 1.54) is 6.07 Å². The zero-order valence-electron chi connectivity index (χ0n) is 13.5. The number of amides is 2. The number of nitro groups is 1. The molecule has 0 saturated heterocycles. The summed E-state index contributed by atoms with van der Waals surface area (Å²) in [6, 6.07) is 4.15. The SMILES string of the molecule is Cc1ccc(C(C)NC(=O)NCC2(O)CCCC2)cc1[N+](=O)[O-]. The molecule has 0 radical (unpaired) electrons. The highest BCUT2D eigenvalue weighted by Gasteiger charge is 2.31. The van der Waals surface area contributed by atoms with E-state index in [0.717, 1.165) is 12.8 Å². The molecule has 1 aromatic carbocycles. The summed E-state index contributed by atoms with van der Waals surface area (Å²) >= 11 is 0. The number of carbonyl (C=O) groups excluding carboxylic acids is 1. The van der Waals surface area contributed by atoms with E-state index in [0.29, 0.717) is 24.0 Å². The Labute approximate surface area is 135 Å². The zero-order chi connectivity index (χ0) is 17.0. The number of benzene rings is 1. The van der Waals surface area contributed by atoms with Crippen LogP contribution in [-0.4, -0.2) is 28.2 Å². The monoisotopic (exact) mass is 321 g/mol. The van der Waals surface area contributed by atoms with Crippen molar-refractivity contribution < 1.29 is 14.8 Å². The molecule has 1 aromatic rings. The third kappa shape index (κ3) is 4.41. The smallest absolute Gasteiger partial charge is 0.315 e. The van der Waals surface area contributed by atoms with Gasteiger partial charge < -0.3 is 15.7 Å². The number of urea groups is 1. The highest BCUT2D eigenvalue weighted by atomic mass is 16.6. The first-order valence-corrected chi connectivity index (χ1v) is 7.82. The number of nitrogens with zero attached hydrogens (tertiary/aromatic N) is 1. The first-order chi connectivity index (χ1) is 10.8. The number of nitrogens with one attached hydrogen (secondary N) is 2. The van der Waals surface area contributed by atoms with Gasteiger partial charge in [-0.05, 0) is 32.3 Å². The number of rotatable bonds is 5. The van der Waals surface area contributed by atoms with E-state index in [4.69, 9.17) is 0 Å². The lowest BCUT2D eigenvalue weighted by molar-refractivity contribution is -0.385. The van der Waals surface area contributed by atoms with Gasteiger partial charge in [0.15, 0.2) is 0 Å². The molecule has 1 atom stereocenters. The van der Waals surface area contributed by atoms with E-state index >= 15 is 0 Å². The van der Waals surface area contributed by atoms with Gasteiger partial charge in [0.25, 0.3) is 5.69 Å². The highest BCUT2D eigenvalue weighted by molar-refractivity contribution is 5.74. The van der Waals surface area contributed by atoms with Crippen molar-refractivity contribution in [2.45, 2.75) is 51.2 Å². The molecule has 1 fully saturated rings. The summed E-state index contributed by atoms with van der Waals surface area (Å²) in [7, 11) is 0. The van der Waals surface area contributed by atoms with Crippen LogP contribution in [0.2, 0.25) is 0 Å². The third-order valence-electron chi connectivity index (χ3n) is 4.39. The van der Waals surface area contributed by atoms with Crippen LogP contribution >= 0.6 is 0 Å². The maximum Gasteiger partial charge on any atom is 0.315 e. The maximum atomic E-state index is 11.9. The Morgan fingerprint density at radius 3 is 2.70 bits per heavy atom. The molecule has 0 aromatic heterocycles. The lowest BCUT2D eigenvalue weighted by atomic mass is 10.0. The molecule has 0 bridgehead atoms. The molecule has 2 amide bonds. The van der Waals surface area contributed by atoms with Crippen molar-refractivity contribution >= 4 is 11.7 Å². The second-order valence-corrected chi connectivity index (χ2v) is 6.28. The molecule has 0 spiro atoms. The summed E-state index contributed by atoms with van der Waals surface area (Å²) in [5.41, 5.74) is 0.483. The number of hydrogen-bond donors (Lipinski definition) is 3. The zero-order valence-corrected chi connectivity index (χ0v) is 13.5. The normalized spacial score (nSPS) is 17.5. The molecule has 7 nitrogen and oxygen atoms in total. The Morgan fingerprint density at radius 2 is 2.09 bits per heavy atom. The van der Waals surface area contributed by atoms with E-state index in [-0.39, 0.29) is 24.3 Å². The first-order valence-electron chi connectivity index (χ1n) is 7.82. The van der Waals surface area contributed by atoms with Gasteiger partial charge in [0, 0.05) is 18.2 Å². The fraction of sp³-hybridized carbons (Fsp3) is 0.562. The lowest BCUT2D eigenvalue weighted by Gasteiger charge is -2.23. The molecule has 0 aliphatic heterocycles. The van der Waals surface area contributed by atoms with Crippen LogP contribution < -0.4 is 10.6 Å². The summed E-state index contributed by atoms with van der Waals surface area (Å²) in [6.45, 7) is 3.66. The Bertz CT molecular complexity index is 597. The minimum atomic E-state index is -0.802. The molecule has 126 valence electrons. The van der Waals surface area contributed by atoms with Crippen molar-refractivity contribution in [3.63, 3.8) is 0 Å². The summed E-state index contributed by atoms with van der Waals surface area (Å²) in [6.07, 6.45) is 3.35. The van der Waals surface area contributed by atoms with Gasteiger partial charge in [-0.3, -0.25) is 10.1 Å². The van der Waals surface area contributed by atoms with Crippen LogP contribution in [0.3, 0.4) is 0 Å². The van der Waals surface area contributed by atoms with Gasteiger partial charge in [0.1, 0.15) is 0 Å². The minimum absolute atomic E-state index is 0.0387. The van der Waals surface area contributed by atoms with Crippen molar-refractivity contribution in [3.8, 4) is 0 Å². The number of carbonyl (C=O) groups is 1. The van der Waals surface area contributed by atoms with Gasteiger partial charge in [0.05, 0.1) is 16.6 Å². The number of aliphatic hydroxyl groups is 1. The van der Waals surface area contributed by atoms with E-state index in [1.54, 1.807) is 26.0 Å². The minimum Gasteiger partial charge on any atom is -0.388 e. The Morgan fingerprint density at radius 1 is 1.43 bits per heavy atom. The number of hydrogen-bond acceptors (Lipinski definition) is 4. The van der Waals surface area contributed by atoms with Crippen LogP contribution in [0.5, 0.6) is 0 Å². The van der Waals surface area contributed by atoms with E-state index in [9.17, 15) is 20.0 Å². The van der Waals surface area contributed by atoms with Gasteiger partial charge in [-0.1, -0.05) is 25.0 Å². The van der Waals surface area contributed by atoms with Crippen LogP contribution in [0.4, 0.5) is 10.5 Å². The molecule has 3 N–H and O–H groups in total. The fourth-order valence-corrected chi connectivity index (χ4v) is 2.88. The Hall–Kier alpha value is -2.15. The quantitative estimate of drug-likeness (QED) is 0.572. The molecule has 1 aliphatic carbocycles. The summed E-state index contributed by atoms with van der Waals surface area (Å²) in [5.74, 6) is 0. The summed E-state index contributed by atoms with van der Waals surface area (Å²) in [4.78, 5) is 22.5. The predicted octanol–water partition coefficient (Wildman–Crippen LogP) is 2.57. The van der Waals surface area contributed by atoms with Crippen molar-refractivity contribution in [1.29, 1.82) is 0 Å². The van der Waals surface area contributed by atoms with Gasteiger partial charge in [-0.25, -0.2) is 4.79 Å². The molecule has 1 unspecified atom stereocenters. The second-order valence-electron chi connectivity index (χ2n) is 6.28. The Kier molecular flexibility index (Phi) is 5.20. The standard InChI is InChI=1S/C16H23N3O4/c1-11-5-6-13(9-14(11)19(22)23)12(2)18-15(20)17-10-16(21)7-3-4-8-16/h5-6,9,12,21H,3-4,7-8,10H2,1-2H3,(H2,17,18,20). The lowest BCUT2D eigenvalue weighted by Crippen LogP contribution is -2.45. The molecular formula is C16H23N3O4. The average molecular weight is 321 g/mol. The number of aryl methyl sites for hydroxylation is 1. The van der Waals surface area contributed by atoms with Crippen LogP contribution in [0.1, 0.15) is 49.8 Å². The molecular weight excluding hydrogens is 298 g/mol. The van der Waals surface area contributed by atoms with E-state index < -0.39 is 10.5 Å². The van der Waals surface area contributed by atoms with Crippen molar-refractivity contribution in [1.82, 2.24) is 10.6 Å². The topological polar surface area (TPSA) is 104 Å². The molecule has 7 heteroatoms. The van der Waals surface area contributed by atoms with Crippen LogP contribution in [0.15, 0.2) is 18.2 Å². The predicted molar refractivity (Wildman–Crippen MR) is 86.2 cm³/mol. The fourth-order valence-electron chi connectivity index (χ4n) is 2.88. The van der Waals surface area contributed by atoms with E-state index in [2.05, 4.69) is 10.6 Å². The number of nitro benzene ring substituents is 1. The van der Waals surface area contributed by atoms with Crippen molar-refractivity contribution in [3.05, 3.63) is 39.4 Å². The first kappa shape index (κ1) is 17.2. The van der Waals surface area contributed by atoms with Crippen molar-refractivity contribution in [2.24, 2.45) is 0 Å². The van der Waals surface area contributed by atoms with Gasteiger partial charge >= 0.3 is 6.03 Å². The van der Waals surface area contributed by atoms with Gasteiger partial charge in [-0.15, -0.1) is 0 Å².